The van der Waals surface area contributed by atoms with Crippen molar-refractivity contribution in [1.29, 1.82) is 0 Å². The molecule has 2 fully saturated rings. The van der Waals surface area contributed by atoms with Gasteiger partial charge in [-0.05, 0) is 57.1 Å². The van der Waals surface area contributed by atoms with Crippen LogP contribution in [0.4, 0.5) is 23.3 Å². The molecule has 3 aromatic rings. The van der Waals surface area contributed by atoms with Crippen molar-refractivity contribution in [3.05, 3.63) is 53.3 Å². The molecular weight excluding hydrogens is 450 g/mol. The van der Waals surface area contributed by atoms with Gasteiger partial charge in [0.05, 0.1) is 5.69 Å². The van der Waals surface area contributed by atoms with Crippen molar-refractivity contribution in [2.45, 2.75) is 76.2 Å². The first-order valence-corrected chi connectivity index (χ1v) is 13.5. The lowest BCUT2D eigenvalue weighted by Gasteiger charge is -2.28. The minimum absolute atomic E-state index is 0.0849. The molecule has 3 aliphatic rings. The van der Waals surface area contributed by atoms with Gasteiger partial charge in [0.1, 0.15) is 11.9 Å². The van der Waals surface area contributed by atoms with Gasteiger partial charge in [-0.3, -0.25) is 9.89 Å². The molecule has 3 heterocycles. The molecule has 0 unspecified atom stereocenters. The topological polar surface area (TPSA) is 90.0 Å². The van der Waals surface area contributed by atoms with Gasteiger partial charge in [0.2, 0.25) is 11.9 Å². The van der Waals surface area contributed by atoms with Gasteiger partial charge in [-0.25, -0.2) is 4.98 Å². The van der Waals surface area contributed by atoms with E-state index in [1.165, 1.54) is 43.4 Å². The molecular formula is C28H35N7O. The Balaban J connectivity index is 1.25. The Morgan fingerprint density at radius 1 is 1.03 bits per heavy atom. The summed E-state index contributed by atoms with van der Waals surface area (Å²) in [5.41, 5.74) is 4.40. The molecule has 1 saturated carbocycles. The van der Waals surface area contributed by atoms with Gasteiger partial charge >= 0.3 is 0 Å². The first-order valence-electron chi connectivity index (χ1n) is 13.5. The number of aromatic amines is 1. The molecule has 8 nitrogen and oxygen atoms in total. The van der Waals surface area contributed by atoms with E-state index >= 15 is 0 Å². The van der Waals surface area contributed by atoms with Gasteiger partial charge in [0, 0.05) is 42.5 Å². The summed E-state index contributed by atoms with van der Waals surface area (Å²) in [6, 6.07) is 11.7. The molecule has 2 N–H and O–H groups in total. The Hall–Kier alpha value is -3.42. The molecule has 1 amide bonds. The van der Waals surface area contributed by atoms with Crippen LogP contribution >= 0.6 is 0 Å². The number of nitrogens with one attached hydrogen (secondary N) is 2. The van der Waals surface area contributed by atoms with Crippen LogP contribution in [0, 0.1) is 0 Å². The van der Waals surface area contributed by atoms with Crippen molar-refractivity contribution in [1.82, 2.24) is 20.2 Å². The number of hydrogen-bond acceptors (Lipinski definition) is 6. The third-order valence-electron chi connectivity index (χ3n) is 8.08. The molecule has 1 atom stereocenters. The molecule has 1 saturated heterocycles. The first kappa shape index (κ1) is 23.0. The molecule has 1 aliphatic heterocycles. The number of aryl methyl sites for hydroxylation is 1. The third kappa shape index (κ3) is 4.45. The number of likely N-dealkylation sites (N-methyl/N-ethyl adjacent to an activating group) is 1. The Morgan fingerprint density at radius 3 is 2.69 bits per heavy atom. The van der Waals surface area contributed by atoms with Crippen LogP contribution in [-0.4, -0.2) is 45.7 Å². The minimum atomic E-state index is -0.259. The average Bonchev–Trinajstić information content (AvgIpc) is 3.70. The van der Waals surface area contributed by atoms with Gasteiger partial charge < -0.3 is 15.1 Å². The number of H-pyrrole nitrogens is 1. The van der Waals surface area contributed by atoms with Crippen molar-refractivity contribution in [3.63, 3.8) is 0 Å². The zero-order valence-electron chi connectivity index (χ0n) is 21.0. The average molecular weight is 486 g/mol. The van der Waals surface area contributed by atoms with Gasteiger partial charge in [0.25, 0.3) is 0 Å². The maximum absolute atomic E-state index is 13.5. The van der Waals surface area contributed by atoms with Crippen LogP contribution in [0.15, 0.2) is 36.4 Å². The molecule has 2 aromatic heterocycles. The van der Waals surface area contributed by atoms with Crippen LogP contribution in [-0.2, 0) is 17.6 Å². The van der Waals surface area contributed by atoms with Gasteiger partial charge in [0.15, 0.2) is 5.82 Å². The number of amides is 1. The number of benzene rings is 1. The summed E-state index contributed by atoms with van der Waals surface area (Å²) in [6.45, 7) is 0.783. The van der Waals surface area contributed by atoms with Crippen molar-refractivity contribution < 1.29 is 4.79 Å². The van der Waals surface area contributed by atoms with Crippen LogP contribution in [0.25, 0.3) is 0 Å². The summed E-state index contributed by atoms with van der Waals surface area (Å²) >= 11 is 0. The van der Waals surface area contributed by atoms with Crippen molar-refractivity contribution in [2.24, 2.45) is 0 Å². The first-order chi connectivity index (χ1) is 17.7. The molecule has 0 bridgehead atoms. The molecule has 2 aliphatic carbocycles. The van der Waals surface area contributed by atoms with E-state index in [2.05, 4.69) is 26.5 Å². The van der Waals surface area contributed by atoms with Gasteiger partial charge in [-0.15, -0.1) is 0 Å². The normalized spacial score (nSPS) is 19.9. The Kier molecular flexibility index (Phi) is 6.34. The molecule has 188 valence electrons. The highest BCUT2D eigenvalue weighted by Gasteiger charge is 2.36. The second-order valence-corrected chi connectivity index (χ2v) is 10.4. The lowest BCUT2D eigenvalue weighted by molar-refractivity contribution is -0.119. The molecule has 0 radical (unpaired) electrons. The van der Waals surface area contributed by atoms with E-state index in [4.69, 9.17) is 9.97 Å². The van der Waals surface area contributed by atoms with E-state index in [1.807, 2.05) is 37.4 Å². The number of nitrogens with zero attached hydrogens (tertiary/aromatic N) is 5. The summed E-state index contributed by atoms with van der Waals surface area (Å²) in [7, 11) is 1.85. The summed E-state index contributed by atoms with van der Waals surface area (Å²) in [4.78, 5) is 27.3. The van der Waals surface area contributed by atoms with Crippen LogP contribution < -0.4 is 15.1 Å². The number of hydrogen-bond donors (Lipinski definition) is 2. The SMILES string of the molecule is CN(C(=O)[C@H]1CCCN1c1nc2c(c(Nc3cc(C4CCCCC4)[nH]n3)n1)CCC2)c1ccccc1. The summed E-state index contributed by atoms with van der Waals surface area (Å²) in [5.74, 6) is 2.96. The fourth-order valence-corrected chi connectivity index (χ4v) is 6.06. The standard InChI is InChI=1S/C28H35N7O/c1-34(20-12-6-3-7-13-20)27(36)24-16-9-17-35(24)28-29-22-15-8-14-21(22)26(31-28)30-25-18-23(32-33-25)19-10-4-2-5-11-19/h3,6-7,12-13,18-19,24H,2,4-5,8-11,14-17H2,1H3,(H2,29,30,31,32,33)/t24-/m1/s1. The van der Waals surface area contributed by atoms with Gasteiger partial charge in [-0.1, -0.05) is 37.5 Å². The zero-order chi connectivity index (χ0) is 24.5. The fourth-order valence-electron chi connectivity index (χ4n) is 6.06. The van der Waals surface area contributed by atoms with Crippen LogP contribution in [0.1, 0.15) is 74.2 Å². The molecule has 8 heteroatoms. The molecule has 1 aromatic carbocycles. The molecule has 0 spiro atoms. The second-order valence-electron chi connectivity index (χ2n) is 10.4. The van der Waals surface area contributed by atoms with E-state index in [9.17, 15) is 4.79 Å². The monoisotopic (exact) mass is 485 g/mol. The van der Waals surface area contributed by atoms with Crippen molar-refractivity contribution >= 4 is 29.2 Å². The summed E-state index contributed by atoms with van der Waals surface area (Å²) in [6.07, 6.45) is 11.2. The minimum Gasteiger partial charge on any atom is -0.329 e. The highest BCUT2D eigenvalue weighted by molar-refractivity contribution is 5.98. The smallest absolute Gasteiger partial charge is 0.249 e. The highest BCUT2D eigenvalue weighted by atomic mass is 16.2. The lowest BCUT2D eigenvalue weighted by Crippen LogP contribution is -2.45. The number of rotatable bonds is 6. The lowest BCUT2D eigenvalue weighted by atomic mass is 9.87. The predicted molar refractivity (Wildman–Crippen MR) is 142 cm³/mol. The number of aromatic nitrogens is 4. The van der Waals surface area contributed by atoms with E-state index < -0.39 is 0 Å². The largest absolute Gasteiger partial charge is 0.329 e. The molecule has 6 rings (SSSR count). The second kappa shape index (κ2) is 9.91. The summed E-state index contributed by atoms with van der Waals surface area (Å²) in [5, 5.41) is 11.3. The predicted octanol–water partition coefficient (Wildman–Crippen LogP) is 5.11. The third-order valence-corrected chi connectivity index (χ3v) is 8.08. The van der Waals surface area contributed by atoms with Crippen LogP contribution in [0.5, 0.6) is 0 Å². The fraction of sp³-hybridized carbons (Fsp3) is 0.500. The summed E-state index contributed by atoms with van der Waals surface area (Å²) < 4.78 is 0. The van der Waals surface area contributed by atoms with E-state index in [0.717, 1.165) is 61.7 Å². The Bertz CT molecular complexity index is 1220. The van der Waals surface area contributed by atoms with Crippen molar-refractivity contribution in [3.8, 4) is 0 Å². The van der Waals surface area contributed by atoms with Crippen molar-refractivity contribution in [2.75, 3.05) is 28.7 Å². The van der Waals surface area contributed by atoms with Crippen LogP contribution in [0.3, 0.4) is 0 Å². The maximum Gasteiger partial charge on any atom is 0.249 e. The zero-order valence-corrected chi connectivity index (χ0v) is 21.0. The van der Waals surface area contributed by atoms with Crippen LogP contribution in [0.2, 0.25) is 0 Å². The number of fused-ring (bicyclic) bond motifs is 1. The Labute approximate surface area is 212 Å². The maximum atomic E-state index is 13.5. The highest BCUT2D eigenvalue weighted by Crippen LogP contribution is 2.35. The Morgan fingerprint density at radius 2 is 1.86 bits per heavy atom. The number of carbonyl (C=O) groups is 1. The van der Waals surface area contributed by atoms with E-state index in [0.29, 0.717) is 11.9 Å². The van der Waals surface area contributed by atoms with E-state index in [1.54, 1.807) is 4.90 Å². The number of carbonyl (C=O) groups excluding carboxylic acids is 1. The quantitative estimate of drug-likeness (QED) is 0.504. The number of para-hydroxylation sites is 1. The van der Waals surface area contributed by atoms with E-state index in [-0.39, 0.29) is 11.9 Å². The van der Waals surface area contributed by atoms with Gasteiger partial charge in [-0.2, -0.15) is 10.1 Å². The molecule has 36 heavy (non-hydrogen) atoms. The number of anilines is 4.